The monoisotopic (exact) mass is 251 g/mol. The molecular weight excluding hydrogens is 234 g/mol. The second-order valence-electron chi connectivity index (χ2n) is 4.11. The van der Waals surface area contributed by atoms with Gasteiger partial charge in [-0.3, -0.25) is 0 Å². The molecule has 0 aliphatic heterocycles. The maximum Gasteiger partial charge on any atom is 0.407 e. The Kier molecular flexibility index (Phi) is 5.63. The van der Waals surface area contributed by atoms with Crippen LogP contribution in [-0.2, 0) is 11.3 Å². The van der Waals surface area contributed by atoms with Crippen molar-refractivity contribution < 1.29 is 9.53 Å². The van der Waals surface area contributed by atoms with Gasteiger partial charge in [0, 0.05) is 5.37 Å². The summed E-state index contributed by atoms with van der Waals surface area (Å²) in [5, 5.41) is 4.27. The molecule has 1 atom stereocenters. The number of alkyl carbamates (subject to hydrolysis) is 1. The summed E-state index contributed by atoms with van der Waals surface area (Å²) in [5.41, 5.74) is 0.964. The standard InChI is InChI=1S/C13H17NO2S/c1-10(2)12(9-17)14-13(15)16-8-11-6-4-3-5-7-11/h3-7,9-10,12H,8H2,1-2H3,(H,14,15)/t12-/m1/s1. The van der Waals surface area contributed by atoms with Crippen LogP contribution in [-0.4, -0.2) is 17.5 Å². The summed E-state index contributed by atoms with van der Waals surface area (Å²) in [6.07, 6.45) is -0.436. The third-order valence-electron chi connectivity index (χ3n) is 2.36. The molecule has 0 aromatic heterocycles. The minimum atomic E-state index is -0.436. The number of hydrogen-bond donors (Lipinski definition) is 1. The lowest BCUT2D eigenvalue weighted by molar-refractivity contribution is 0.136. The molecule has 1 N–H and O–H groups in total. The number of ether oxygens (including phenoxy) is 1. The highest BCUT2D eigenvalue weighted by atomic mass is 32.1. The molecule has 0 bridgehead atoms. The first-order chi connectivity index (χ1) is 8.13. The molecule has 0 radical (unpaired) electrons. The Morgan fingerprint density at radius 1 is 1.41 bits per heavy atom. The summed E-state index contributed by atoms with van der Waals surface area (Å²) < 4.78 is 5.09. The summed E-state index contributed by atoms with van der Waals surface area (Å²) in [7, 11) is 0. The molecule has 1 amide bonds. The lowest BCUT2D eigenvalue weighted by atomic mass is 10.1. The molecule has 1 rings (SSSR count). The van der Waals surface area contributed by atoms with E-state index in [9.17, 15) is 4.79 Å². The summed E-state index contributed by atoms with van der Waals surface area (Å²) >= 11 is 4.85. The number of hydrogen-bond acceptors (Lipinski definition) is 3. The van der Waals surface area contributed by atoms with Crippen molar-refractivity contribution in [3.63, 3.8) is 0 Å². The third-order valence-corrected chi connectivity index (χ3v) is 2.66. The molecule has 1 aromatic carbocycles. The Balaban J connectivity index is 2.37. The molecule has 0 unspecified atom stereocenters. The van der Waals surface area contributed by atoms with E-state index in [1.165, 1.54) is 0 Å². The van der Waals surface area contributed by atoms with Crippen molar-refractivity contribution in [1.29, 1.82) is 0 Å². The van der Waals surface area contributed by atoms with E-state index in [0.29, 0.717) is 0 Å². The predicted octanol–water partition coefficient (Wildman–Crippen LogP) is 2.94. The van der Waals surface area contributed by atoms with Crippen LogP contribution in [0.15, 0.2) is 30.3 Å². The van der Waals surface area contributed by atoms with Crippen LogP contribution >= 0.6 is 12.2 Å². The summed E-state index contributed by atoms with van der Waals surface area (Å²) in [6, 6.07) is 9.42. The zero-order valence-corrected chi connectivity index (χ0v) is 10.9. The largest absolute Gasteiger partial charge is 0.445 e. The summed E-state index contributed by atoms with van der Waals surface area (Å²) in [6.45, 7) is 4.25. The van der Waals surface area contributed by atoms with Crippen LogP contribution in [0.25, 0.3) is 0 Å². The second kappa shape index (κ2) is 7.01. The smallest absolute Gasteiger partial charge is 0.407 e. The zero-order chi connectivity index (χ0) is 12.7. The van der Waals surface area contributed by atoms with Crippen molar-refractivity contribution in [2.24, 2.45) is 5.92 Å². The van der Waals surface area contributed by atoms with Gasteiger partial charge >= 0.3 is 6.09 Å². The molecule has 17 heavy (non-hydrogen) atoms. The number of benzene rings is 1. The first kappa shape index (κ1) is 13.6. The van der Waals surface area contributed by atoms with Gasteiger partial charge < -0.3 is 10.1 Å². The molecule has 0 aliphatic rings. The number of amides is 1. The molecule has 0 saturated heterocycles. The third kappa shape index (κ3) is 4.95. The van der Waals surface area contributed by atoms with Crippen LogP contribution in [0.4, 0.5) is 4.79 Å². The maximum absolute atomic E-state index is 11.5. The SMILES string of the molecule is CC(C)[C@@H](C=S)NC(=O)OCc1ccccc1. The molecule has 0 saturated carbocycles. The summed E-state index contributed by atoms with van der Waals surface area (Å²) in [5.74, 6) is 0.261. The van der Waals surface area contributed by atoms with Crippen LogP contribution in [0.1, 0.15) is 19.4 Å². The second-order valence-corrected chi connectivity index (χ2v) is 4.38. The van der Waals surface area contributed by atoms with Gasteiger partial charge in [0.2, 0.25) is 0 Å². The highest BCUT2D eigenvalue weighted by molar-refractivity contribution is 7.79. The molecular formula is C13H17NO2S. The topological polar surface area (TPSA) is 38.3 Å². The first-order valence-electron chi connectivity index (χ1n) is 5.56. The first-order valence-corrected chi connectivity index (χ1v) is 6.03. The predicted molar refractivity (Wildman–Crippen MR) is 72.0 cm³/mol. The van der Waals surface area contributed by atoms with E-state index >= 15 is 0 Å². The molecule has 0 aliphatic carbocycles. The fourth-order valence-electron chi connectivity index (χ4n) is 1.26. The molecule has 4 heteroatoms. The molecule has 0 heterocycles. The van der Waals surface area contributed by atoms with Gasteiger partial charge in [-0.1, -0.05) is 56.4 Å². The minimum absolute atomic E-state index is 0.131. The molecule has 1 aromatic rings. The van der Waals surface area contributed by atoms with Gasteiger partial charge in [-0.05, 0) is 11.5 Å². The highest BCUT2D eigenvalue weighted by Gasteiger charge is 2.13. The van der Waals surface area contributed by atoms with Gasteiger partial charge in [0.1, 0.15) is 6.61 Å². The summed E-state index contributed by atoms with van der Waals surface area (Å²) in [4.78, 5) is 11.5. The van der Waals surface area contributed by atoms with E-state index in [1.807, 2.05) is 44.2 Å². The number of carbonyl (C=O) groups excluding carboxylic acids is 1. The quantitative estimate of drug-likeness (QED) is 0.818. The Hall–Kier alpha value is -1.42. The van der Waals surface area contributed by atoms with E-state index in [-0.39, 0.29) is 18.6 Å². The van der Waals surface area contributed by atoms with Crippen LogP contribution in [0.2, 0.25) is 0 Å². The Morgan fingerprint density at radius 2 is 2.06 bits per heavy atom. The fourth-order valence-corrected chi connectivity index (χ4v) is 1.64. The van der Waals surface area contributed by atoms with E-state index in [0.717, 1.165) is 5.56 Å². The minimum Gasteiger partial charge on any atom is -0.445 e. The zero-order valence-electron chi connectivity index (χ0n) is 10.1. The van der Waals surface area contributed by atoms with Crippen molar-refractivity contribution in [3.05, 3.63) is 35.9 Å². The van der Waals surface area contributed by atoms with Gasteiger partial charge in [0.05, 0.1) is 6.04 Å². The number of thiocarbonyl (C=S) groups is 1. The van der Waals surface area contributed by atoms with E-state index in [1.54, 1.807) is 5.37 Å². The van der Waals surface area contributed by atoms with Crippen molar-refractivity contribution in [3.8, 4) is 0 Å². The average molecular weight is 251 g/mol. The molecule has 0 fully saturated rings. The highest BCUT2D eigenvalue weighted by Crippen LogP contribution is 2.03. The lowest BCUT2D eigenvalue weighted by Crippen LogP contribution is -2.39. The van der Waals surface area contributed by atoms with E-state index < -0.39 is 6.09 Å². The van der Waals surface area contributed by atoms with Crippen molar-refractivity contribution in [1.82, 2.24) is 5.32 Å². The Bertz CT molecular complexity index is 365. The van der Waals surface area contributed by atoms with Gasteiger partial charge in [-0.2, -0.15) is 0 Å². The van der Waals surface area contributed by atoms with Crippen LogP contribution in [0, 0.1) is 5.92 Å². The maximum atomic E-state index is 11.5. The fraction of sp³-hybridized carbons (Fsp3) is 0.385. The molecule has 3 nitrogen and oxygen atoms in total. The van der Waals surface area contributed by atoms with Crippen molar-refractivity contribution in [2.75, 3.05) is 0 Å². The van der Waals surface area contributed by atoms with E-state index in [2.05, 4.69) is 5.32 Å². The average Bonchev–Trinajstić information content (AvgIpc) is 2.34. The van der Waals surface area contributed by atoms with Crippen molar-refractivity contribution in [2.45, 2.75) is 26.5 Å². The van der Waals surface area contributed by atoms with Crippen molar-refractivity contribution >= 4 is 23.7 Å². The number of nitrogens with one attached hydrogen (secondary N) is 1. The van der Waals surface area contributed by atoms with Crippen LogP contribution in [0.3, 0.4) is 0 Å². The lowest BCUT2D eigenvalue weighted by Gasteiger charge is -2.17. The van der Waals surface area contributed by atoms with Gasteiger partial charge in [-0.25, -0.2) is 4.79 Å². The van der Waals surface area contributed by atoms with Crippen LogP contribution < -0.4 is 5.32 Å². The van der Waals surface area contributed by atoms with Gasteiger partial charge in [0.25, 0.3) is 0 Å². The van der Waals surface area contributed by atoms with Gasteiger partial charge in [0.15, 0.2) is 0 Å². The molecule has 0 spiro atoms. The van der Waals surface area contributed by atoms with E-state index in [4.69, 9.17) is 17.0 Å². The number of rotatable bonds is 5. The van der Waals surface area contributed by atoms with Gasteiger partial charge in [-0.15, -0.1) is 0 Å². The normalized spacial score (nSPS) is 11.9. The Morgan fingerprint density at radius 3 is 2.59 bits per heavy atom. The van der Waals surface area contributed by atoms with Crippen LogP contribution in [0.5, 0.6) is 0 Å². The molecule has 92 valence electrons. The Labute approximate surface area is 107 Å². The number of carbonyl (C=O) groups is 1.